The molecule has 0 spiro atoms. The van der Waals surface area contributed by atoms with Gasteiger partial charge in [-0.05, 0) is 37.2 Å². The Morgan fingerprint density at radius 3 is 2.47 bits per heavy atom. The number of aliphatic hydroxyl groups excluding tert-OH is 1. The predicted molar refractivity (Wildman–Crippen MR) is 73.2 cm³/mol. The highest BCUT2D eigenvalue weighted by Crippen LogP contribution is 2.09. The summed E-state index contributed by atoms with van der Waals surface area (Å²) in [5.74, 6) is 0. The largest absolute Gasteiger partial charge is 0.399 e. The molecule has 4 heteroatoms. The van der Waals surface area contributed by atoms with Crippen LogP contribution in [0.15, 0.2) is 24.3 Å². The highest BCUT2D eigenvalue weighted by molar-refractivity contribution is 5.51. The first-order valence-corrected chi connectivity index (χ1v) is 6.19. The summed E-state index contributed by atoms with van der Waals surface area (Å²) in [5.41, 5.74) is 7.48. The maximum atomic E-state index is 8.93. The van der Waals surface area contributed by atoms with Gasteiger partial charge in [-0.2, -0.15) is 0 Å². The van der Waals surface area contributed by atoms with E-state index in [1.54, 1.807) is 0 Å². The summed E-state index contributed by atoms with van der Waals surface area (Å²) < 4.78 is 0. The van der Waals surface area contributed by atoms with Crippen LogP contribution in [0.3, 0.4) is 0 Å². The van der Waals surface area contributed by atoms with Crippen molar-refractivity contribution in [2.45, 2.75) is 13.3 Å². The van der Waals surface area contributed by atoms with Gasteiger partial charge in [-0.1, -0.05) is 6.92 Å². The Kier molecular flexibility index (Phi) is 6.43. The van der Waals surface area contributed by atoms with Gasteiger partial charge in [-0.15, -0.1) is 0 Å². The molecule has 0 heterocycles. The van der Waals surface area contributed by atoms with E-state index in [1.165, 1.54) is 0 Å². The van der Waals surface area contributed by atoms with E-state index >= 15 is 0 Å². The van der Waals surface area contributed by atoms with Crippen LogP contribution < -0.4 is 11.1 Å². The lowest BCUT2D eigenvalue weighted by molar-refractivity contribution is 0.200. The van der Waals surface area contributed by atoms with Crippen LogP contribution in [0, 0.1) is 0 Å². The van der Waals surface area contributed by atoms with Crippen LogP contribution in [0.2, 0.25) is 0 Å². The number of nitrogen functional groups attached to an aromatic ring is 1. The van der Waals surface area contributed by atoms with Gasteiger partial charge in [-0.3, -0.25) is 4.90 Å². The Morgan fingerprint density at radius 1 is 1.18 bits per heavy atom. The molecule has 0 saturated heterocycles. The highest BCUT2D eigenvalue weighted by Gasteiger charge is 2.01. The van der Waals surface area contributed by atoms with Crippen molar-refractivity contribution < 1.29 is 5.11 Å². The summed E-state index contributed by atoms with van der Waals surface area (Å²) in [4.78, 5) is 2.25. The molecule has 0 aromatic heterocycles. The zero-order chi connectivity index (χ0) is 12.5. The number of rotatable bonds is 8. The molecule has 1 aromatic carbocycles. The molecule has 0 amide bonds. The molecule has 96 valence electrons. The van der Waals surface area contributed by atoms with Crippen molar-refractivity contribution in [3.8, 4) is 0 Å². The van der Waals surface area contributed by atoms with E-state index in [0.29, 0.717) is 0 Å². The van der Waals surface area contributed by atoms with Gasteiger partial charge in [0.15, 0.2) is 0 Å². The average molecular weight is 237 g/mol. The van der Waals surface area contributed by atoms with Crippen LogP contribution in [0.1, 0.15) is 13.3 Å². The van der Waals surface area contributed by atoms with Gasteiger partial charge in [0.25, 0.3) is 0 Å². The molecule has 4 N–H and O–H groups in total. The van der Waals surface area contributed by atoms with Gasteiger partial charge in [0.2, 0.25) is 0 Å². The van der Waals surface area contributed by atoms with Gasteiger partial charge >= 0.3 is 0 Å². The first-order valence-electron chi connectivity index (χ1n) is 6.19. The van der Waals surface area contributed by atoms with Crippen LogP contribution >= 0.6 is 0 Å². The maximum Gasteiger partial charge on any atom is 0.0558 e. The molecule has 0 radical (unpaired) electrons. The lowest BCUT2D eigenvalue weighted by Crippen LogP contribution is -2.32. The molecule has 0 bridgehead atoms. The van der Waals surface area contributed by atoms with Crippen molar-refractivity contribution >= 4 is 11.4 Å². The number of nitrogens with zero attached hydrogens (tertiary/aromatic N) is 1. The summed E-state index contributed by atoms with van der Waals surface area (Å²) in [6, 6.07) is 7.73. The summed E-state index contributed by atoms with van der Waals surface area (Å²) in [6.45, 7) is 5.98. The van der Waals surface area contributed by atoms with Gasteiger partial charge in [-0.25, -0.2) is 0 Å². The lowest BCUT2D eigenvalue weighted by Gasteiger charge is -2.20. The molecule has 0 saturated carbocycles. The van der Waals surface area contributed by atoms with Crippen LogP contribution in [0.4, 0.5) is 11.4 Å². The average Bonchev–Trinajstić information content (AvgIpc) is 2.32. The second-order valence-corrected chi connectivity index (χ2v) is 4.11. The zero-order valence-electron chi connectivity index (χ0n) is 10.5. The third-order valence-corrected chi connectivity index (χ3v) is 2.62. The Balaban J connectivity index is 2.27. The van der Waals surface area contributed by atoms with E-state index in [-0.39, 0.29) is 6.61 Å². The molecule has 17 heavy (non-hydrogen) atoms. The lowest BCUT2D eigenvalue weighted by atomic mass is 10.3. The zero-order valence-corrected chi connectivity index (χ0v) is 10.5. The molecule has 0 aliphatic rings. The van der Waals surface area contributed by atoms with Crippen LogP contribution in [0.5, 0.6) is 0 Å². The Hall–Kier alpha value is -1.26. The standard InChI is InChI=1S/C13H23N3O/c1-2-8-16(10-11-17)9-7-15-13-5-3-12(14)4-6-13/h3-6,15,17H,2,7-11,14H2,1H3. The molecule has 0 aliphatic heterocycles. The molecule has 4 nitrogen and oxygen atoms in total. The van der Waals surface area contributed by atoms with Crippen molar-refractivity contribution in [1.82, 2.24) is 4.90 Å². The van der Waals surface area contributed by atoms with Gasteiger partial charge < -0.3 is 16.2 Å². The first kappa shape index (κ1) is 13.8. The van der Waals surface area contributed by atoms with E-state index in [2.05, 4.69) is 17.1 Å². The Labute approximate surface area is 103 Å². The van der Waals surface area contributed by atoms with Gasteiger partial charge in [0.05, 0.1) is 6.61 Å². The second kappa shape index (κ2) is 7.92. The van der Waals surface area contributed by atoms with E-state index in [9.17, 15) is 0 Å². The van der Waals surface area contributed by atoms with E-state index < -0.39 is 0 Å². The smallest absolute Gasteiger partial charge is 0.0558 e. The number of benzene rings is 1. The van der Waals surface area contributed by atoms with Crippen molar-refractivity contribution in [2.75, 3.05) is 43.8 Å². The summed E-state index contributed by atoms with van der Waals surface area (Å²) >= 11 is 0. The minimum absolute atomic E-state index is 0.224. The number of aliphatic hydroxyl groups is 1. The van der Waals surface area contributed by atoms with Crippen molar-refractivity contribution in [3.05, 3.63) is 24.3 Å². The van der Waals surface area contributed by atoms with Crippen molar-refractivity contribution in [3.63, 3.8) is 0 Å². The topological polar surface area (TPSA) is 61.5 Å². The number of nitrogens with two attached hydrogens (primary N) is 1. The Morgan fingerprint density at radius 2 is 1.88 bits per heavy atom. The first-order chi connectivity index (χ1) is 8.26. The molecule has 0 aliphatic carbocycles. The molecule has 0 fully saturated rings. The molecular weight excluding hydrogens is 214 g/mol. The quantitative estimate of drug-likeness (QED) is 0.598. The molecule has 0 unspecified atom stereocenters. The minimum atomic E-state index is 0.224. The van der Waals surface area contributed by atoms with Crippen LogP contribution in [-0.2, 0) is 0 Å². The number of nitrogens with one attached hydrogen (secondary N) is 1. The summed E-state index contributed by atoms with van der Waals surface area (Å²) in [7, 11) is 0. The van der Waals surface area contributed by atoms with E-state index in [1.807, 2.05) is 24.3 Å². The van der Waals surface area contributed by atoms with Crippen molar-refractivity contribution in [1.29, 1.82) is 0 Å². The predicted octanol–water partition coefficient (Wildman–Crippen LogP) is 1.38. The number of anilines is 2. The molecule has 0 atom stereocenters. The summed E-state index contributed by atoms with van der Waals surface area (Å²) in [5, 5.41) is 12.3. The SMILES string of the molecule is CCCN(CCO)CCNc1ccc(N)cc1. The number of hydrogen-bond acceptors (Lipinski definition) is 4. The fraction of sp³-hybridized carbons (Fsp3) is 0.538. The van der Waals surface area contributed by atoms with Gasteiger partial charge in [0, 0.05) is 31.0 Å². The van der Waals surface area contributed by atoms with Crippen molar-refractivity contribution in [2.24, 2.45) is 0 Å². The monoisotopic (exact) mass is 237 g/mol. The normalized spacial score (nSPS) is 10.8. The second-order valence-electron chi connectivity index (χ2n) is 4.11. The summed E-state index contributed by atoms with van der Waals surface area (Å²) in [6.07, 6.45) is 1.11. The maximum absolute atomic E-state index is 8.93. The van der Waals surface area contributed by atoms with Crippen LogP contribution in [-0.4, -0.2) is 42.8 Å². The van der Waals surface area contributed by atoms with E-state index in [0.717, 1.165) is 44.0 Å². The van der Waals surface area contributed by atoms with Crippen LogP contribution in [0.25, 0.3) is 0 Å². The fourth-order valence-electron chi connectivity index (χ4n) is 1.75. The third-order valence-electron chi connectivity index (χ3n) is 2.62. The molecular formula is C13H23N3O. The molecule has 1 rings (SSSR count). The number of hydrogen-bond donors (Lipinski definition) is 3. The Bertz CT molecular complexity index is 294. The third kappa shape index (κ3) is 5.56. The fourth-order valence-corrected chi connectivity index (χ4v) is 1.75. The van der Waals surface area contributed by atoms with E-state index in [4.69, 9.17) is 10.8 Å². The molecule has 1 aromatic rings. The minimum Gasteiger partial charge on any atom is -0.399 e. The highest BCUT2D eigenvalue weighted by atomic mass is 16.3. The van der Waals surface area contributed by atoms with Gasteiger partial charge in [0.1, 0.15) is 0 Å².